The van der Waals surface area contributed by atoms with E-state index in [4.69, 9.17) is 0 Å². The van der Waals surface area contributed by atoms with Gasteiger partial charge in [0.2, 0.25) is 5.91 Å². The number of benzene rings is 2. The van der Waals surface area contributed by atoms with E-state index in [0.29, 0.717) is 0 Å². The predicted octanol–water partition coefficient (Wildman–Crippen LogP) is 2.71. The number of amides is 2. The number of aromatic hydroxyl groups is 1. The fourth-order valence-corrected chi connectivity index (χ4v) is 4.38. The van der Waals surface area contributed by atoms with Crippen molar-refractivity contribution < 1.29 is 14.7 Å². The largest absolute Gasteiger partial charge is 0.505 e. The van der Waals surface area contributed by atoms with Crippen LogP contribution in [0.4, 0.5) is 17.1 Å². The molecule has 1 aromatic heterocycles. The smallest absolute Gasteiger partial charge is 0.257 e. The van der Waals surface area contributed by atoms with Gasteiger partial charge in [0.05, 0.1) is 11.3 Å². The molecule has 12 heteroatoms. The van der Waals surface area contributed by atoms with E-state index < -0.39 is 22.8 Å². The van der Waals surface area contributed by atoms with E-state index in [-0.39, 0.29) is 46.7 Å². The van der Waals surface area contributed by atoms with E-state index in [2.05, 4.69) is 25.5 Å². The molecule has 2 amide bonds. The van der Waals surface area contributed by atoms with Gasteiger partial charge in [0, 0.05) is 31.6 Å². The highest BCUT2D eigenvalue weighted by Gasteiger charge is 2.29. The number of nitrogens with one attached hydrogen (secondary N) is 3. The van der Waals surface area contributed by atoms with Gasteiger partial charge in [-0.15, -0.1) is 5.10 Å². The zero-order chi connectivity index (χ0) is 28.3. The van der Waals surface area contributed by atoms with E-state index in [0.717, 1.165) is 16.8 Å². The van der Waals surface area contributed by atoms with E-state index in [1.807, 2.05) is 43.5 Å². The molecule has 0 saturated carbocycles. The van der Waals surface area contributed by atoms with Gasteiger partial charge in [0.25, 0.3) is 16.8 Å². The van der Waals surface area contributed by atoms with Crippen LogP contribution in [0.1, 0.15) is 29.8 Å². The van der Waals surface area contributed by atoms with E-state index in [1.54, 1.807) is 20.2 Å². The molecule has 0 radical (unpaired) electrons. The molecular weight excluding hydrogens is 520 g/mol. The van der Waals surface area contributed by atoms with Crippen molar-refractivity contribution in [1.82, 2.24) is 19.8 Å². The van der Waals surface area contributed by atoms with Crippen molar-refractivity contribution >= 4 is 40.4 Å². The second kappa shape index (κ2) is 11.4. The molecule has 4 rings (SSSR count). The maximum Gasteiger partial charge on any atom is 0.257 e. The number of phenolic OH excluding ortho intramolecular Hbond substituents is 1. The Kier molecular flexibility index (Phi) is 8.05. The summed E-state index contributed by atoms with van der Waals surface area (Å²) >= 11 is 1.27. The zero-order valence-electron chi connectivity index (χ0n) is 21.8. The molecule has 11 nitrogen and oxygen atoms in total. The molecule has 0 aliphatic heterocycles. The Morgan fingerprint density at radius 3 is 2.33 bits per heavy atom. The summed E-state index contributed by atoms with van der Waals surface area (Å²) in [5, 5.41) is 25.0. The maximum absolute atomic E-state index is 13.1. The summed E-state index contributed by atoms with van der Waals surface area (Å²) in [6, 6.07) is 11.2. The van der Waals surface area contributed by atoms with Crippen molar-refractivity contribution in [1.29, 1.82) is 0 Å². The maximum atomic E-state index is 13.1. The number of phenols is 1. The first kappa shape index (κ1) is 27.5. The summed E-state index contributed by atoms with van der Waals surface area (Å²) in [7, 11) is 3.10. The normalized spacial score (nSPS) is 11.8. The summed E-state index contributed by atoms with van der Waals surface area (Å²) in [6.45, 7) is 3.89. The van der Waals surface area contributed by atoms with Crippen LogP contribution in [0.15, 0.2) is 57.4 Å². The van der Waals surface area contributed by atoms with Crippen LogP contribution in [0, 0.1) is 5.92 Å². The van der Waals surface area contributed by atoms with Gasteiger partial charge in [-0.2, -0.15) is 0 Å². The van der Waals surface area contributed by atoms with Crippen molar-refractivity contribution in [3.05, 3.63) is 79.4 Å². The van der Waals surface area contributed by atoms with E-state index in [1.165, 1.54) is 28.6 Å². The summed E-state index contributed by atoms with van der Waals surface area (Å²) in [5.74, 6) is -1.36. The molecule has 1 atom stereocenters. The van der Waals surface area contributed by atoms with Gasteiger partial charge in [0.15, 0.2) is 5.75 Å². The van der Waals surface area contributed by atoms with Gasteiger partial charge >= 0.3 is 0 Å². The molecule has 3 aromatic carbocycles. The SMILES string of the molecule is CC(C)[C@@H](Nc1c(Nc2cccc(C(=O)N(C)C)c2O)c(=O)c1=O)C(=O)NCc1ccc(-c2csnn2)cc1. The number of nitrogens with zero attached hydrogens (tertiary/aromatic N) is 3. The van der Waals surface area contributed by atoms with Crippen LogP contribution in [0.2, 0.25) is 0 Å². The first-order valence-corrected chi connectivity index (χ1v) is 13.0. The molecule has 0 aliphatic carbocycles. The van der Waals surface area contributed by atoms with Crippen molar-refractivity contribution in [2.75, 3.05) is 24.7 Å². The van der Waals surface area contributed by atoms with Gasteiger partial charge in [0.1, 0.15) is 23.1 Å². The summed E-state index contributed by atoms with van der Waals surface area (Å²) in [6.07, 6.45) is 0. The van der Waals surface area contributed by atoms with Crippen LogP contribution in [0.3, 0.4) is 0 Å². The molecule has 0 aliphatic rings. The molecule has 4 aromatic rings. The molecule has 0 spiro atoms. The topological polar surface area (TPSA) is 154 Å². The first-order chi connectivity index (χ1) is 18.6. The molecule has 202 valence electrons. The first-order valence-electron chi connectivity index (χ1n) is 12.1. The standard InChI is InChI=1S/C27H28N6O5S/c1-14(2)20(26(37)28-12-15-8-10-16(11-9-15)19-13-39-32-31-19)30-22-21(24(35)25(22)36)29-18-7-5-6-17(23(18)34)27(38)33(3)4/h5-11,13-14,20,29-30,34H,12H2,1-4H3,(H,28,37)/t20-/m1/s1. The lowest BCUT2D eigenvalue weighted by Gasteiger charge is -2.25. The molecule has 39 heavy (non-hydrogen) atoms. The Bertz CT molecular complexity index is 1560. The van der Waals surface area contributed by atoms with E-state index >= 15 is 0 Å². The van der Waals surface area contributed by atoms with Crippen molar-refractivity contribution in [2.45, 2.75) is 26.4 Å². The van der Waals surface area contributed by atoms with Crippen molar-refractivity contribution in [3.8, 4) is 17.0 Å². The molecule has 0 fully saturated rings. The van der Waals surface area contributed by atoms with Crippen LogP contribution in [-0.2, 0) is 11.3 Å². The highest BCUT2D eigenvalue weighted by atomic mass is 32.1. The molecule has 0 bridgehead atoms. The average molecular weight is 549 g/mol. The summed E-state index contributed by atoms with van der Waals surface area (Å²) < 4.78 is 3.86. The Labute approximate surface area is 228 Å². The third kappa shape index (κ3) is 5.80. The predicted molar refractivity (Wildman–Crippen MR) is 150 cm³/mol. The number of hydrogen-bond acceptors (Lipinski definition) is 10. The number of carbonyl (C=O) groups excluding carboxylic acids is 2. The number of aromatic nitrogens is 2. The second-order valence-corrected chi connectivity index (χ2v) is 10.1. The number of anilines is 3. The Morgan fingerprint density at radius 1 is 1.03 bits per heavy atom. The second-order valence-electron chi connectivity index (χ2n) is 9.51. The minimum absolute atomic E-state index is 0.0360. The van der Waals surface area contributed by atoms with Crippen LogP contribution < -0.4 is 26.8 Å². The van der Waals surface area contributed by atoms with Gasteiger partial charge in [-0.1, -0.05) is 48.7 Å². The van der Waals surface area contributed by atoms with Gasteiger partial charge in [-0.3, -0.25) is 19.2 Å². The average Bonchev–Trinajstić information content (AvgIpc) is 3.46. The van der Waals surface area contributed by atoms with Crippen LogP contribution in [0.25, 0.3) is 11.3 Å². The van der Waals surface area contributed by atoms with Crippen LogP contribution in [-0.4, -0.2) is 51.5 Å². The Morgan fingerprint density at radius 2 is 1.72 bits per heavy atom. The fraction of sp³-hybridized carbons (Fsp3) is 0.259. The molecule has 0 saturated heterocycles. The molecule has 4 N–H and O–H groups in total. The monoisotopic (exact) mass is 548 g/mol. The molecule has 1 heterocycles. The lowest BCUT2D eigenvalue weighted by Crippen LogP contribution is -2.47. The number of para-hydroxylation sites is 1. The third-order valence-electron chi connectivity index (χ3n) is 6.17. The van der Waals surface area contributed by atoms with Gasteiger partial charge in [-0.05, 0) is 35.1 Å². The van der Waals surface area contributed by atoms with Crippen molar-refractivity contribution in [3.63, 3.8) is 0 Å². The Hall–Kier alpha value is -4.58. The summed E-state index contributed by atoms with van der Waals surface area (Å²) in [4.78, 5) is 51.5. The lowest BCUT2D eigenvalue weighted by atomic mass is 10.0. The third-order valence-corrected chi connectivity index (χ3v) is 6.67. The quantitative estimate of drug-likeness (QED) is 0.173. The van der Waals surface area contributed by atoms with E-state index in [9.17, 15) is 24.3 Å². The highest BCUT2D eigenvalue weighted by Crippen LogP contribution is 2.32. The lowest BCUT2D eigenvalue weighted by molar-refractivity contribution is -0.122. The highest BCUT2D eigenvalue weighted by molar-refractivity contribution is 7.03. The molecule has 0 unspecified atom stereocenters. The van der Waals surface area contributed by atoms with Gasteiger partial charge < -0.3 is 26.0 Å². The minimum atomic E-state index is -0.815. The Balaban J connectivity index is 1.47. The van der Waals surface area contributed by atoms with Crippen LogP contribution >= 0.6 is 11.5 Å². The molecular formula is C27H28N6O5S. The van der Waals surface area contributed by atoms with Gasteiger partial charge in [-0.25, -0.2) is 0 Å². The van der Waals surface area contributed by atoms with Crippen molar-refractivity contribution in [2.24, 2.45) is 5.92 Å². The minimum Gasteiger partial charge on any atom is -0.505 e. The van der Waals surface area contributed by atoms with Crippen LogP contribution in [0.5, 0.6) is 5.75 Å². The number of rotatable bonds is 10. The number of hydrogen-bond donors (Lipinski definition) is 4. The zero-order valence-corrected chi connectivity index (χ0v) is 22.6. The fourth-order valence-electron chi connectivity index (χ4n) is 3.91. The summed E-state index contributed by atoms with van der Waals surface area (Å²) in [5.41, 5.74) is 0.979. The number of carbonyl (C=O) groups is 2.